The van der Waals surface area contributed by atoms with Gasteiger partial charge in [-0.15, -0.1) is 11.3 Å². The van der Waals surface area contributed by atoms with E-state index in [0.717, 1.165) is 24.3 Å². The summed E-state index contributed by atoms with van der Waals surface area (Å²) < 4.78 is 0. The van der Waals surface area contributed by atoms with Crippen LogP contribution in [0.15, 0.2) is 12.1 Å². The Kier molecular flexibility index (Phi) is 3.98. The van der Waals surface area contributed by atoms with Gasteiger partial charge in [-0.3, -0.25) is 0 Å². The van der Waals surface area contributed by atoms with Crippen molar-refractivity contribution in [2.45, 2.75) is 64.8 Å². The normalized spacial score (nSPS) is 30.3. The fourth-order valence-electron chi connectivity index (χ4n) is 3.76. The van der Waals surface area contributed by atoms with E-state index in [-0.39, 0.29) is 5.41 Å². The van der Waals surface area contributed by atoms with Gasteiger partial charge in [0.15, 0.2) is 0 Å². The van der Waals surface area contributed by atoms with Gasteiger partial charge in [-0.2, -0.15) is 0 Å². The van der Waals surface area contributed by atoms with Crippen LogP contribution in [0, 0.1) is 17.8 Å². The average molecular weight is 292 g/mol. The first-order chi connectivity index (χ1) is 9.49. The Bertz CT molecular complexity index is 446. The second-order valence-corrected chi connectivity index (χ2v) is 8.99. The zero-order valence-corrected chi connectivity index (χ0v) is 14.2. The molecule has 2 saturated carbocycles. The number of thiophene rings is 1. The number of hydrogen-bond acceptors (Lipinski definition) is 2. The fraction of sp³-hybridized carbons (Fsp3) is 0.778. The first-order valence-corrected chi connectivity index (χ1v) is 9.14. The Morgan fingerprint density at radius 3 is 2.45 bits per heavy atom. The largest absolute Gasteiger partial charge is 0.309 e. The van der Waals surface area contributed by atoms with Crippen LogP contribution in [0.25, 0.3) is 0 Å². The highest BCUT2D eigenvalue weighted by Gasteiger charge is 2.48. The summed E-state index contributed by atoms with van der Waals surface area (Å²) in [6, 6.07) is 5.36. The van der Waals surface area contributed by atoms with Gasteiger partial charge >= 0.3 is 0 Å². The van der Waals surface area contributed by atoms with Gasteiger partial charge in [-0.05, 0) is 67.5 Å². The SMILES string of the molecule is CCCNC(c1ccc(C(C)(C)C)s1)C1CC2CC2C1. The van der Waals surface area contributed by atoms with Crippen molar-refractivity contribution in [1.29, 1.82) is 0 Å². The average Bonchev–Trinajstić information content (AvgIpc) is 2.81. The summed E-state index contributed by atoms with van der Waals surface area (Å²) in [7, 11) is 0. The van der Waals surface area contributed by atoms with E-state index in [4.69, 9.17) is 0 Å². The fourth-order valence-corrected chi connectivity index (χ4v) is 4.99. The van der Waals surface area contributed by atoms with Crippen LogP contribution < -0.4 is 5.32 Å². The molecular weight excluding hydrogens is 262 g/mol. The van der Waals surface area contributed by atoms with E-state index < -0.39 is 0 Å². The molecule has 112 valence electrons. The summed E-state index contributed by atoms with van der Waals surface area (Å²) in [5, 5.41) is 3.84. The minimum atomic E-state index is 0.288. The Morgan fingerprint density at radius 2 is 1.90 bits per heavy atom. The molecule has 0 bridgehead atoms. The lowest BCUT2D eigenvalue weighted by molar-refractivity contribution is 0.346. The molecule has 2 aliphatic carbocycles. The van der Waals surface area contributed by atoms with Crippen LogP contribution >= 0.6 is 11.3 Å². The molecule has 1 aromatic heterocycles. The van der Waals surface area contributed by atoms with Gasteiger partial charge in [0.05, 0.1) is 0 Å². The molecule has 0 aromatic carbocycles. The second kappa shape index (κ2) is 5.46. The van der Waals surface area contributed by atoms with Crippen molar-refractivity contribution in [3.8, 4) is 0 Å². The molecule has 1 aromatic rings. The predicted octanol–water partition coefficient (Wildman–Crippen LogP) is 5.13. The van der Waals surface area contributed by atoms with Crippen molar-refractivity contribution in [3.63, 3.8) is 0 Å². The first kappa shape index (κ1) is 14.6. The number of nitrogens with one attached hydrogen (secondary N) is 1. The molecule has 0 spiro atoms. The summed E-state index contributed by atoms with van der Waals surface area (Å²) in [5.74, 6) is 3.04. The van der Waals surface area contributed by atoms with Crippen molar-refractivity contribution in [2.24, 2.45) is 17.8 Å². The van der Waals surface area contributed by atoms with E-state index in [1.54, 1.807) is 4.88 Å². The third-order valence-corrected chi connectivity index (χ3v) is 6.63. The second-order valence-electron chi connectivity index (χ2n) is 7.87. The first-order valence-electron chi connectivity index (χ1n) is 8.32. The molecule has 2 heteroatoms. The zero-order valence-electron chi connectivity index (χ0n) is 13.4. The van der Waals surface area contributed by atoms with E-state index in [1.807, 2.05) is 11.3 Å². The Hall–Kier alpha value is -0.340. The molecule has 3 rings (SSSR count). The van der Waals surface area contributed by atoms with Crippen LogP contribution in [0.3, 0.4) is 0 Å². The Morgan fingerprint density at radius 1 is 1.20 bits per heavy atom. The van der Waals surface area contributed by atoms with Crippen LogP contribution in [0.1, 0.15) is 69.2 Å². The van der Waals surface area contributed by atoms with Gasteiger partial charge in [0, 0.05) is 15.8 Å². The van der Waals surface area contributed by atoms with Crippen molar-refractivity contribution in [3.05, 3.63) is 21.9 Å². The molecule has 2 fully saturated rings. The third kappa shape index (κ3) is 2.96. The van der Waals surface area contributed by atoms with Gasteiger partial charge in [-0.25, -0.2) is 0 Å². The molecule has 0 radical (unpaired) electrons. The number of fused-ring (bicyclic) bond motifs is 1. The van der Waals surface area contributed by atoms with Gasteiger partial charge in [0.2, 0.25) is 0 Å². The minimum Gasteiger partial charge on any atom is -0.309 e. The zero-order chi connectivity index (χ0) is 14.3. The van der Waals surface area contributed by atoms with E-state index in [2.05, 4.69) is 45.1 Å². The summed E-state index contributed by atoms with van der Waals surface area (Å²) in [4.78, 5) is 3.11. The summed E-state index contributed by atoms with van der Waals surface area (Å²) in [6.07, 6.45) is 5.69. The van der Waals surface area contributed by atoms with Gasteiger partial charge in [-0.1, -0.05) is 27.7 Å². The highest BCUT2D eigenvalue weighted by Crippen LogP contribution is 2.57. The molecule has 0 amide bonds. The van der Waals surface area contributed by atoms with Crippen LogP contribution in [-0.4, -0.2) is 6.54 Å². The maximum atomic E-state index is 3.84. The monoisotopic (exact) mass is 291 g/mol. The molecule has 0 aliphatic heterocycles. The molecule has 1 nitrogen and oxygen atoms in total. The standard InChI is InChI=1S/C18H29NS/c1-5-8-19-17(14-10-12-9-13(12)11-14)15-6-7-16(20-15)18(2,3)4/h6-7,12-14,17,19H,5,8-11H2,1-4H3. The maximum absolute atomic E-state index is 3.84. The maximum Gasteiger partial charge on any atom is 0.0443 e. The molecule has 3 atom stereocenters. The highest BCUT2D eigenvalue weighted by atomic mass is 32.1. The van der Waals surface area contributed by atoms with Crippen LogP contribution in [0.5, 0.6) is 0 Å². The number of rotatable bonds is 5. The number of hydrogen-bond donors (Lipinski definition) is 1. The quantitative estimate of drug-likeness (QED) is 0.792. The van der Waals surface area contributed by atoms with Gasteiger partial charge in [0.1, 0.15) is 0 Å². The van der Waals surface area contributed by atoms with E-state index >= 15 is 0 Å². The van der Waals surface area contributed by atoms with E-state index in [9.17, 15) is 0 Å². The molecule has 0 saturated heterocycles. The minimum absolute atomic E-state index is 0.288. The molecule has 2 aliphatic rings. The van der Waals surface area contributed by atoms with Gasteiger partial charge < -0.3 is 5.32 Å². The Labute approximate surface area is 128 Å². The Balaban J connectivity index is 1.75. The smallest absolute Gasteiger partial charge is 0.0443 e. The summed E-state index contributed by atoms with van der Waals surface area (Å²) >= 11 is 2.04. The van der Waals surface area contributed by atoms with E-state index in [1.165, 1.54) is 30.6 Å². The molecular formula is C18H29NS. The predicted molar refractivity (Wildman–Crippen MR) is 88.4 cm³/mol. The summed E-state index contributed by atoms with van der Waals surface area (Å²) in [6.45, 7) is 10.4. The highest BCUT2D eigenvalue weighted by molar-refractivity contribution is 7.12. The van der Waals surface area contributed by atoms with Crippen LogP contribution in [0.2, 0.25) is 0 Å². The lowest BCUT2D eigenvalue weighted by atomic mass is 9.92. The lowest BCUT2D eigenvalue weighted by Gasteiger charge is -2.25. The van der Waals surface area contributed by atoms with Crippen molar-refractivity contribution >= 4 is 11.3 Å². The lowest BCUT2D eigenvalue weighted by Crippen LogP contribution is -2.27. The molecule has 1 N–H and O–H groups in total. The molecule has 3 unspecified atom stereocenters. The molecule has 20 heavy (non-hydrogen) atoms. The van der Waals surface area contributed by atoms with E-state index in [0.29, 0.717) is 6.04 Å². The molecule has 1 heterocycles. The van der Waals surface area contributed by atoms with Crippen LogP contribution in [0.4, 0.5) is 0 Å². The van der Waals surface area contributed by atoms with Crippen molar-refractivity contribution in [2.75, 3.05) is 6.54 Å². The third-order valence-electron chi connectivity index (χ3n) is 5.04. The summed E-state index contributed by atoms with van der Waals surface area (Å²) in [5.41, 5.74) is 0.288. The van der Waals surface area contributed by atoms with Crippen molar-refractivity contribution < 1.29 is 0 Å². The van der Waals surface area contributed by atoms with Crippen molar-refractivity contribution in [1.82, 2.24) is 5.32 Å². The van der Waals surface area contributed by atoms with Crippen LogP contribution in [-0.2, 0) is 5.41 Å². The topological polar surface area (TPSA) is 12.0 Å². The van der Waals surface area contributed by atoms with Gasteiger partial charge in [0.25, 0.3) is 0 Å².